The van der Waals surface area contributed by atoms with E-state index in [1.165, 1.54) is 22.2 Å². The lowest BCUT2D eigenvalue weighted by Crippen LogP contribution is -2.11. The first-order chi connectivity index (χ1) is 10.3. The number of aromatic nitrogens is 1. The predicted molar refractivity (Wildman–Crippen MR) is 86.8 cm³/mol. The zero-order valence-corrected chi connectivity index (χ0v) is 12.5. The highest BCUT2D eigenvalue weighted by atomic mass is 16.5. The monoisotopic (exact) mass is 280 g/mol. The lowest BCUT2D eigenvalue weighted by atomic mass is 10.2. The summed E-state index contributed by atoms with van der Waals surface area (Å²) in [6.07, 6.45) is 0. The lowest BCUT2D eigenvalue weighted by molar-refractivity contribution is 0.414. The highest BCUT2D eigenvalue weighted by molar-refractivity contribution is 5.81. The molecule has 0 unspecified atom stereocenters. The first-order valence-electron chi connectivity index (χ1n) is 7.16. The van der Waals surface area contributed by atoms with Crippen molar-refractivity contribution in [1.29, 1.82) is 0 Å². The Morgan fingerprint density at radius 3 is 2.71 bits per heavy atom. The smallest absolute Gasteiger partial charge is 0.119 e. The van der Waals surface area contributed by atoms with E-state index in [0.717, 1.165) is 18.8 Å². The SMILES string of the molecule is CNCc1cc2ccccc2n1Cc1cccc(OC)c1. The van der Waals surface area contributed by atoms with Crippen molar-refractivity contribution >= 4 is 10.9 Å². The molecule has 0 aliphatic carbocycles. The maximum Gasteiger partial charge on any atom is 0.119 e. The van der Waals surface area contributed by atoms with Gasteiger partial charge in [0.15, 0.2) is 0 Å². The van der Waals surface area contributed by atoms with Gasteiger partial charge >= 0.3 is 0 Å². The van der Waals surface area contributed by atoms with Gasteiger partial charge in [0.2, 0.25) is 0 Å². The first kappa shape index (κ1) is 13.7. The number of methoxy groups -OCH3 is 1. The third-order valence-corrected chi connectivity index (χ3v) is 3.73. The number of fused-ring (bicyclic) bond motifs is 1. The third-order valence-electron chi connectivity index (χ3n) is 3.73. The van der Waals surface area contributed by atoms with E-state index in [9.17, 15) is 0 Å². The average molecular weight is 280 g/mol. The number of nitrogens with zero attached hydrogens (tertiary/aromatic N) is 1. The van der Waals surface area contributed by atoms with Crippen molar-refractivity contribution in [2.45, 2.75) is 13.1 Å². The van der Waals surface area contributed by atoms with E-state index < -0.39 is 0 Å². The summed E-state index contributed by atoms with van der Waals surface area (Å²) in [6.45, 7) is 1.71. The first-order valence-corrected chi connectivity index (χ1v) is 7.16. The molecular formula is C18H20N2O. The number of nitrogens with one attached hydrogen (secondary N) is 1. The van der Waals surface area contributed by atoms with Crippen molar-refractivity contribution in [3.63, 3.8) is 0 Å². The summed E-state index contributed by atoms with van der Waals surface area (Å²) >= 11 is 0. The maximum atomic E-state index is 5.32. The van der Waals surface area contributed by atoms with E-state index in [-0.39, 0.29) is 0 Å². The fourth-order valence-corrected chi connectivity index (χ4v) is 2.74. The van der Waals surface area contributed by atoms with Crippen molar-refractivity contribution in [3.05, 3.63) is 65.9 Å². The zero-order valence-electron chi connectivity index (χ0n) is 12.5. The van der Waals surface area contributed by atoms with Crippen LogP contribution < -0.4 is 10.1 Å². The fraction of sp³-hybridized carbons (Fsp3) is 0.222. The molecule has 0 spiro atoms. The van der Waals surface area contributed by atoms with Crippen molar-refractivity contribution in [1.82, 2.24) is 9.88 Å². The highest BCUT2D eigenvalue weighted by Crippen LogP contribution is 2.22. The Morgan fingerprint density at radius 1 is 1.05 bits per heavy atom. The Hall–Kier alpha value is -2.26. The summed E-state index contributed by atoms with van der Waals surface area (Å²) in [5.41, 5.74) is 3.81. The number of hydrogen-bond acceptors (Lipinski definition) is 2. The molecule has 21 heavy (non-hydrogen) atoms. The van der Waals surface area contributed by atoms with Gasteiger partial charge in [0.05, 0.1) is 7.11 Å². The molecular weight excluding hydrogens is 260 g/mol. The molecule has 0 aliphatic heterocycles. The Balaban J connectivity index is 2.03. The Kier molecular flexibility index (Phi) is 3.93. The van der Waals surface area contributed by atoms with Crippen molar-refractivity contribution in [3.8, 4) is 5.75 Å². The molecule has 1 N–H and O–H groups in total. The van der Waals surface area contributed by atoms with Crippen LogP contribution in [0, 0.1) is 0 Å². The predicted octanol–water partition coefficient (Wildman–Crippen LogP) is 3.42. The Morgan fingerprint density at radius 2 is 1.90 bits per heavy atom. The number of para-hydroxylation sites is 1. The van der Waals surface area contributed by atoms with Gasteiger partial charge in [-0.25, -0.2) is 0 Å². The van der Waals surface area contributed by atoms with E-state index in [1.54, 1.807) is 7.11 Å². The van der Waals surface area contributed by atoms with E-state index in [2.05, 4.69) is 52.3 Å². The summed E-state index contributed by atoms with van der Waals surface area (Å²) in [6, 6.07) is 19.0. The Bertz CT molecular complexity index is 746. The minimum atomic E-state index is 0.849. The quantitative estimate of drug-likeness (QED) is 0.775. The standard InChI is InChI=1S/C18H20N2O/c1-19-12-16-11-15-7-3-4-9-18(15)20(16)13-14-6-5-8-17(10-14)21-2/h3-11,19H,12-13H2,1-2H3. The topological polar surface area (TPSA) is 26.2 Å². The van der Waals surface area contributed by atoms with Crippen LogP contribution in [0.3, 0.4) is 0 Å². The van der Waals surface area contributed by atoms with Crippen LogP contribution in [0.2, 0.25) is 0 Å². The molecule has 0 radical (unpaired) electrons. The van der Waals surface area contributed by atoms with Crippen LogP contribution in [0.4, 0.5) is 0 Å². The lowest BCUT2D eigenvalue weighted by Gasteiger charge is -2.11. The molecule has 3 aromatic rings. The molecule has 1 aromatic heterocycles. The second-order valence-electron chi connectivity index (χ2n) is 5.16. The molecule has 108 valence electrons. The van der Waals surface area contributed by atoms with Crippen LogP contribution in [-0.4, -0.2) is 18.7 Å². The van der Waals surface area contributed by atoms with Gasteiger partial charge in [0.25, 0.3) is 0 Å². The van der Waals surface area contributed by atoms with E-state index in [0.29, 0.717) is 0 Å². The summed E-state index contributed by atoms with van der Waals surface area (Å²) < 4.78 is 7.68. The van der Waals surface area contributed by atoms with Crippen molar-refractivity contribution in [2.75, 3.05) is 14.2 Å². The molecule has 1 heterocycles. The van der Waals surface area contributed by atoms with Gasteiger partial charge in [0, 0.05) is 24.3 Å². The van der Waals surface area contributed by atoms with E-state index >= 15 is 0 Å². The Labute approximate surface area is 125 Å². The third kappa shape index (κ3) is 2.78. The normalized spacial score (nSPS) is 11.0. The van der Waals surface area contributed by atoms with Crippen LogP contribution in [0.25, 0.3) is 10.9 Å². The summed E-state index contributed by atoms with van der Waals surface area (Å²) in [4.78, 5) is 0. The molecule has 0 bridgehead atoms. The fourth-order valence-electron chi connectivity index (χ4n) is 2.74. The summed E-state index contributed by atoms with van der Waals surface area (Å²) in [5.74, 6) is 0.902. The van der Waals surface area contributed by atoms with Crippen LogP contribution >= 0.6 is 0 Å². The van der Waals surface area contributed by atoms with E-state index in [4.69, 9.17) is 4.74 Å². The second-order valence-corrected chi connectivity index (χ2v) is 5.16. The van der Waals surface area contributed by atoms with Gasteiger partial charge in [-0.2, -0.15) is 0 Å². The summed E-state index contributed by atoms with van der Waals surface area (Å²) in [7, 11) is 3.68. The molecule has 3 rings (SSSR count). The number of ether oxygens (including phenoxy) is 1. The number of hydrogen-bond donors (Lipinski definition) is 1. The summed E-state index contributed by atoms with van der Waals surface area (Å²) in [5, 5.41) is 4.53. The second kappa shape index (κ2) is 6.02. The molecule has 0 saturated heterocycles. The highest BCUT2D eigenvalue weighted by Gasteiger charge is 2.08. The molecule has 0 saturated carbocycles. The molecule has 3 nitrogen and oxygen atoms in total. The molecule has 0 amide bonds. The van der Waals surface area contributed by atoms with E-state index in [1.807, 2.05) is 19.2 Å². The van der Waals surface area contributed by atoms with Crippen molar-refractivity contribution in [2.24, 2.45) is 0 Å². The average Bonchev–Trinajstić information content (AvgIpc) is 2.86. The van der Waals surface area contributed by atoms with Crippen molar-refractivity contribution < 1.29 is 4.74 Å². The van der Waals surface area contributed by atoms with Crippen LogP contribution in [-0.2, 0) is 13.1 Å². The molecule has 0 aliphatic rings. The van der Waals surface area contributed by atoms with Crippen LogP contribution in [0.15, 0.2) is 54.6 Å². The minimum absolute atomic E-state index is 0.849. The van der Waals surface area contributed by atoms with Gasteiger partial charge in [-0.3, -0.25) is 0 Å². The molecule has 0 fully saturated rings. The zero-order chi connectivity index (χ0) is 14.7. The minimum Gasteiger partial charge on any atom is -0.497 e. The van der Waals surface area contributed by atoms with Gasteiger partial charge in [0.1, 0.15) is 5.75 Å². The van der Waals surface area contributed by atoms with Gasteiger partial charge in [-0.05, 0) is 42.3 Å². The van der Waals surface area contributed by atoms with Gasteiger partial charge < -0.3 is 14.6 Å². The van der Waals surface area contributed by atoms with Crippen LogP contribution in [0.1, 0.15) is 11.3 Å². The molecule has 0 atom stereocenters. The van der Waals surface area contributed by atoms with Gasteiger partial charge in [-0.1, -0.05) is 30.3 Å². The van der Waals surface area contributed by atoms with Gasteiger partial charge in [-0.15, -0.1) is 0 Å². The molecule has 3 heteroatoms. The largest absolute Gasteiger partial charge is 0.497 e. The number of benzene rings is 2. The number of rotatable bonds is 5. The van der Waals surface area contributed by atoms with Crippen LogP contribution in [0.5, 0.6) is 5.75 Å². The maximum absolute atomic E-state index is 5.32. The molecule has 2 aromatic carbocycles.